The van der Waals surface area contributed by atoms with E-state index in [1.165, 1.54) is 0 Å². The monoisotopic (exact) mass is 462 g/mol. The molecular formula is C24H46O8. The summed E-state index contributed by atoms with van der Waals surface area (Å²) in [6.45, 7) is 11.1. The predicted octanol–water partition coefficient (Wildman–Crippen LogP) is 2.19. The van der Waals surface area contributed by atoms with Crippen molar-refractivity contribution < 1.29 is 38.6 Å². The third-order valence-corrected chi connectivity index (χ3v) is 6.52. The summed E-state index contributed by atoms with van der Waals surface area (Å²) in [6.07, 6.45) is 4.95. The molecule has 32 heavy (non-hydrogen) atoms. The van der Waals surface area contributed by atoms with E-state index in [0.29, 0.717) is 52.9 Å². The fourth-order valence-electron chi connectivity index (χ4n) is 3.68. The zero-order valence-electron chi connectivity index (χ0n) is 20.2. The summed E-state index contributed by atoms with van der Waals surface area (Å²) in [4.78, 5) is 0. The fourth-order valence-corrected chi connectivity index (χ4v) is 3.68. The highest BCUT2D eigenvalue weighted by Gasteiger charge is 2.37. The third kappa shape index (κ3) is 10.3. The average Bonchev–Trinajstić information content (AvgIpc) is 2.73. The van der Waals surface area contributed by atoms with Crippen LogP contribution in [0.15, 0.2) is 0 Å². The number of ether oxygens (including phenoxy) is 6. The molecular weight excluding hydrogens is 416 g/mol. The van der Waals surface area contributed by atoms with Gasteiger partial charge in [-0.15, -0.1) is 0 Å². The Bertz CT molecular complexity index is 414. The van der Waals surface area contributed by atoms with Gasteiger partial charge in [0.15, 0.2) is 0 Å². The minimum absolute atomic E-state index is 0.152. The highest BCUT2D eigenvalue weighted by Crippen LogP contribution is 2.32. The maximum absolute atomic E-state index is 9.94. The van der Waals surface area contributed by atoms with Gasteiger partial charge in [-0.05, 0) is 25.7 Å². The molecule has 2 rings (SSSR count). The summed E-state index contributed by atoms with van der Waals surface area (Å²) in [5, 5.41) is 19.9. The Kier molecular flexibility index (Phi) is 13.6. The van der Waals surface area contributed by atoms with Crippen LogP contribution in [0, 0.1) is 10.8 Å². The van der Waals surface area contributed by atoms with Gasteiger partial charge in [0.2, 0.25) is 0 Å². The first kappa shape index (κ1) is 27.9. The molecule has 2 atom stereocenters. The van der Waals surface area contributed by atoms with Crippen LogP contribution in [0.4, 0.5) is 0 Å². The number of aliphatic hydroxyl groups is 2. The van der Waals surface area contributed by atoms with Gasteiger partial charge in [0.05, 0.1) is 66.1 Å². The zero-order chi connectivity index (χ0) is 23.1. The first-order chi connectivity index (χ1) is 15.5. The van der Waals surface area contributed by atoms with Gasteiger partial charge in [-0.25, -0.2) is 0 Å². The summed E-state index contributed by atoms with van der Waals surface area (Å²) < 4.78 is 32.9. The van der Waals surface area contributed by atoms with Crippen LogP contribution in [-0.4, -0.2) is 102 Å². The van der Waals surface area contributed by atoms with Crippen LogP contribution in [0.2, 0.25) is 0 Å². The number of hydrogen-bond acceptors (Lipinski definition) is 8. The van der Waals surface area contributed by atoms with E-state index < -0.39 is 12.2 Å². The van der Waals surface area contributed by atoms with Crippen molar-refractivity contribution in [2.75, 3.05) is 79.3 Å². The van der Waals surface area contributed by atoms with E-state index in [1.54, 1.807) is 0 Å². The summed E-state index contributed by atoms with van der Waals surface area (Å²) >= 11 is 0. The molecule has 0 aromatic carbocycles. The molecule has 0 saturated carbocycles. The number of unbranched alkanes of at least 4 members (excludes halogenated alkanes) is 3. The largest absolute Gasteiger partial charge is 0.388 e. The molecule has 2 unspecified atom stereocenters. The Morgan fingerprint density at radius 2 is 1.00 bits per heavy atom. The molecule has 2 N–H and O–H groups in total. The SMILES string of the molecule is CCC1(COCC(O)COCCCCCCOCC(O)COCC2(CC)COC2)COC1. The van der Waals surface area contributed by atoms with Gasteiger partial charge in [-0.1, -0.05) is 26.7 Å². The first-order valence-electron chi connectivity index (χ1n) is 12.4. The number of aliphatic hydroxyl groups excluding tert-OH is 2. The maximum atomic E-state index is 9.94. The normalized spacial score (nSPS) is 21.0. The van der Waals surface area contributed by atoms with Crippen molar-refractivity contribution in [3.8, 4) is 0 Å². The Hall–Kier alpha value is -0.320. The van der Waals surface area contributed by atoms with E-state index in [2.05, 4.69) is 13.8 Å². The average molecular weight is 463 g/mol. The molecule has 2 saturated heterocycles. The molecule has 2 fully saturated rings. The number of hydrogen-bond donors (Lipinski definition) is 2. The van der Waals surface area contributed by atoms with E-state index >= 15 is 0 Å². The number of rotatable bonds is 21. The third-order valence-electron chi connectivity index (χ3n) is 6.52. The van der Waals surface area contributed by atoms with Crippen molar-refractivity contribution in [1.82, 2.24) is 0 Å². The van der Waals surface area contributed by atoms with Gasteiger partial charge >= 0.3 is 0 Å². The van der Waals surface area contributed by atoms with Crippen molar-refractivity contribution in [3.63, 3.8) is 0 Å². The molecule has 0 radical (unpaired) electrons. The molecule has 2 aliphatic rings. The van der Waals surface area contributed by atoms with Crippen LogP contribution in [0.25, 0.3) is 0 Å². The van der Waals surface area contributed by atoms with Crippen molar-refractivity contribution in [2.24, 2.45) is 10.8 Å². The van der Waals surface area contributed by atoms with Crippen molar-refractivity contribution >= 4 is 0 Å². The molecule has 0 bridgehead atoms. The lowest BCUT2D eigenvalue weighted by Gasteiger charge is -2.40. The van der Waals surface area contributed by atoms with Gasteiger partial charge in [0.25, 0.3) is 0 Å². The van der Waals surface area contributed by atoms with Crippen LogP contribution in [-0.2, 0) is 28.4 Å². The Morgan fingerprint density at radius 3 is 1.31 bits per heavy atom. The molecule has 0 aromatic rings. The van der Waals surface area contributed by atoms with E-state index in [4.69, 9.17) is 28.4 Å². The van der Waals surface area contributed by atoms with Gasteiger partial charge in [-0.3, -0.25) is 0 Å². The topological polar surface area (TPSA) is 95.8 Å². The Balaban J connectivity index is 1.30. The summed E-state index contributed by atoms with van der Waals surface area (Å²) in [5.74, 6) is 0. The molecule has 0 aliphatic carbocycles. The summed E-state index contributed by atoms with van der Waals surface area (Å²) in [5.41, 5.74) is 0.305. The zero-order valence-corrected chi connectivity index (χ0v) is 20.2. The smallest absolute Gasteiger partial charge is 0.101 e. The van der Waals surface area contributed by atoms with Crippen molar-refractivity contribution in [3.05, 3.63) is 0 Å². The highest BCUT2D eigenvalue weighted by molar-refractivity contribution is 4.84. The molecule has 0 spiro atoms. The van der Waals surface area contributed by atoms with E-state index in [-0.39, 0.29) is 10.8 Å². The molecule has 0 aromatic heterocycles. The standard InChI is InChI=1S/C24H46O8/c1-3-23(17-31-18-23)15-29-13-21(25)11-27-9-7-5-6-8-10-28-12-22(26)14-30-16-24(4-2)19-32-20-24/h21-22,25-26H,3-20H2,1-2H3. The van der Waals surface area contributed by atoms with Crippen molar-refractivity contribution in [2.45, 2.75) is 64.6 Å². The lowest BCUT2D eigenvalue weighted by atomic mass is 9.84. The van der Waals surface area contributed by atoms with Crippen LogP contribution in [0.5, 0.6) is 0 Å². The fraction of sp³-hybridized carbons (Fsp3) is 1.00. The second-order valence-electron chi connectivity index (χ2n) is 9.59. The van der Waals surface area contributed by atoms with E-state index in [0.717, 1.165) is 65.0 Å². The maximum Gasteiger partial charge on any atom is 0.101 e. The molecule has 8 heteroatoms. The highest BCUT2D eigenvalue weighted by atomic mass is 16.5. The van der Waals surface area contributed by atoms with Crippen LogP contribution in [0.3, 0.4) is 0 Å². The van der Waals surface area contributed by atoms with Crippen LogP contribution >= 0.6 is 0 Å². The molecule has 190 valence electrons. The van der Waals surface area contributed by atoms with E-state index in [9.17, 15) is 10.2 Å². The summed E-state index contributed by atoms with van der Waals surface area (Å²) in [6, 6.07) is 0. The Labute approximate surface area is 193 Å². The quantitative estimate of drug-likeness (QED) is 0.251. The second-order valence-corrected chi connectivity index (χ2v) is 9.59. The van der Waals surface area contributed by atoms with Crippen molar-refractivity contribution in [1.29, 1.82) is 0 Å². The molecule has 0 amide bonds. The minimum atomic E-state index is -0.580. The van der Waals surface area contributed by atoms with Gasteiger partial charge in [0.1, 0.15) is 12.2 Å². The molecule has 8 nitrogen and oxygen atoms in total. The van der Waals surface area contributed by atoms with Crippen LogP contribution in [0.1, 0.15) is 52.4 Å². The first-order valence-corrected chi connectivity index (χ1v) is 12.4. The van der Waals surface area contributed by atoms with Crippen LogP contribution < -0.4 is 0 Å². The second kappa shape index (κ2) is 15.6. The minimum Gasteiger partial charge on any atom is -0.388 e. The van der Waals surface area contributed by atoms with Gasteiger partial charge in [-0.2, -0.15) is 0 Å². The molecule has 2 aliphatic heterocycles. The van der Waals surface area contributed by atoms with Gasteiger partial charge < -0.3 is 38.6 Å². The van der Waals surface area contributed by atoms with E-state index in [1.807, 2.05) is 0 Å². The summed E-state index contributed by atoms with van der Waals surface area (Å²) in [7, 11) is 0. The molecule has 2 heterocycles. The lowest BCUT2D eigenvalue weighted by molar-refractivity contribution is -0.157. The van der Waals surface area contributed by atoms with Gasteiger partial charge in [0, 0.05) is 24.0 Å². The lowest BCUT2D eigenvalue weighted by Crippen LogP contribution is -2.46. The Morgan fingerprint density at radius 1 is 0.625 bits per heavy atom. The predicted molar refractivity (Wildman–Crippen MR) is 121 cm³/mol.